The standard InChI is InChI=1S/C12H22F4N2/c1-3-10-4-5-18(7-9(2)6-17-10)8-12(15,16)11(13)14/h9-11,17H,3-8H2,1-2H3. The van der Waals surface area contributed by atoms with Gasteiger partial charge >= 0.3 is 12.3 Å². The minimum absolute atomic E-state index is 0.188. The zero-order valence-corrected chi connectivity index (χ0v) is 10.9. The van der Waals surface area contributed by atoms with Gasteiger partial charge in [0.05, 0.1) is 6.54 Å². The van der Waals surface area contributed by atoms with E-state index >= 15 is 0 Å². The number of hydrogen-bond acceptors (Lipinski definition) is 2. The molecule has 1 fully saturated rings. The zero-order chi connectivity index (χ0) is 13.8. The molecule has 1 N–H and O–H groups in total. The van der Waals surface area contributed by atoms with E-state index in [-0.39, 0.29) is 12.0 Å². The summed E-state index contributed by atoms with van der Waals surface area (Å²) < 4.78 is 50.5. The highest BCUT2D eigenvalue weighted by molar-refractivity contribution is 4.80. The van der Waals surface area contributed by atoms with E-state index in [0.717, 1.165) is 19.4 Å². The van der Waals surface area contributed by atoms with Crippen molar-refractivity contribution in [3.05, 3.63) is 0 Å². The minimum Gasteiger partial charge on any atom is -0.314 e. The van der Waals surface area contributed by atoms with Crippen LogP contribution in [0, 0.1) is 5.92 Å². The van der Waals surface area contributed by atoms with Crippen LogP contribution in [0.2, 0.25) is 0 Å². The van der Waals surface area contributed by atoms with Crippen molar-refractivity contribution in [3.63, 3.8) is 0 Å². The van der Waals surface area contributed by atoms with Crippen LogP contribution in [-0.2, 0) is 0 Å². The molecule has 1 saturated heterocycles. The van der Waals surface area contributed by atoms with Gasteiger partial charge in [-0.3, -0.25) is 4.90 Å². The summed E-state index contributed by atoms with van der Waals surface area (Å²) in [5.41, 5.74) is 0. The van der Waals surface area contributed by atoms with Crippen LogP contribution in [0.15, 0.2) is 0 Å². The first-order valence-corrected chi connectivity index (χ1v) is 6.46. The summed E-state index contributed by atoms with van der Waals surface area (Å²) in [5, 5.41) is 3.36. The summed E-state index contributed by atoms with van der Waals surface area (Å²) in [6.45, 7) is 4.76. The number of hydrogen-bond donors (Lipinski definition) is 1. The lowest BCUT2D eigenvalue weighted by Gasteiger charge is -2.33. The Bertz CT molecular complexity index is 248. The Morgan fingerprint density at radius 2 is 2.06 bits per heavy atom. The first-order valence-electron chi connectivity index (χ1n) is 6.46. The second kappa shape index (κ2) is 6.70. The average molecular weight is 270 g/mol. The molecular weight excluding hydrogens is 248 g/mol. The molecule has 0 bridgehead atoms. The number of nitrogens with zero attached hydrogens (tertiary/aromatic N) is 1. The SMILES string of the molecule is CCC1CCN(CC(F)(F)C(F)F)CC(C)CN1. The third-order valence-corrected chi connectivity index (χ3v) is 3.37. The van der Waals surface area contributed by atoms with E-state index < -0.39 is 18.9 Å². The molecule has 6 heteroatoms. The van der Waals surface area contributed by atoms with Crippen LogP contribution in [0.1, 0.15) is 26.7 Å². The van der Waals surface area contributed by atoms with Crippen molar-refractivity contribution >= 4 is 0 Å². The van der Waals surface area contributed by atoms with Gasteiger partial charge in [-0.2, -0.15) is 8.78 Å². The summed E-state index contributed by atoms with van der Waals surface area (Å²) >= 11 is 0. The Morgan fingerprint density at radius 3 is 2.61 bits per heavy atom. The van der Waals surface area contributed by atoms with Crippen LogP contribution in [0.5, 0.6) is 0 Å². The molecule has 108 valence electrons. The molecule has 1 aliphatic rings. The predicted octanol–water partition coefficient (Wildman–Crippen LogP) is 2.60. The van der Waals surface area contributed by atoms with Gasteiger partial charge in [-0.1, -0.05) is 13.8 Å². The first kappa shape index (κ1) is 15.7. The van der Waals surface area contributed by atoms with Gasteiger partial charge in [0, 0.05) is 12.6 Å². The van der Waals surface area contributed by atoms with Gasteiger partial charge in [-0.05, 0) is 31.8 Å². The molecule has 1 aliphatic heterocycles. The van der Waals surface area contributed by atoms with Crippen LogP contribution in [0.3, 0.4) is 0 Å². The van der Waals surface area contributed by atoms with Crippen molar-refractivity contribution in [1.82, 2.24) is 10.2 Å². The molecule has 0 aromatic rings. The highest BCUT2D eigenvalue weighted by Crippen LogP contribution is 2.25. The topological polar surface area (TPSA) is 15.3 Å². The second-order valence-electron chi connectivity index (χ2n) is 5.20. The maximum absolute atomic E-state index is 13.1. The summed E-state index contributed by atoms with van der Waals surface area (Å²) in [5.74, 6) is -3.72. The van der Waals surface area contributed by atoms with Gasteiger partial charge in [-0.15, -0.1) is 0 Å². The molecule has 1 heterocycles. The highest BCUT2D eigenvalue weighted by Gasteiger charge is 2.42. The lowest BCUT2D eigenvalue weighted by atomic mass is 10.0. The molecule has 0 aromatic carbocycles. The van der Waals surface area contributed by atoms with Crippen molar-refractivity contribution in [3.8, 4) is 0 Å². The molecule has 0 aliphatic carbocycles. The fraction of sp³-hybridized carbons (Fsp3) is 1.00. The van der Waals surface area contributed by atoms with Crippen LogP contribution in [-0.4, -0.2) is 49.5 Å². The Labute approximate surface area is 106 Å². The number of halogens is 4. The van der Waals surface area contributed by atoms with Gasteiger partial charge in [0.15, 0.2) is 0 Å². The fourth-order valence-corrected chi connectivity index (χ4v) is 2.26. The number of alkyl halides is 4. The van der Waals surface area contributed by atoms with Gasteiger partial charge in [0.1, 0.15) is 0 Å². The van der Waals surface area contributed by atoms with Gasteiger partial charge in [0.25, 0.3) is 0 Å². The average Bonchev–Trinajstić information content (AvgIpc) is 2.25. The van der Waals surface area contributed by atoms with Gasteiger partial charge in [0.2, 0.25) is 0 Å². The van der Waals surface area contributed by atoms with Crippen LogP contribution < -0.4 is 5.32 Å². The molecular formula is C12H22F4N2. The van der Waals surface area contributed by atoms with Crippen LogP contribution in [0.25, 0.3) is 0 Å². The molecule has 0 aromatic heterocycles. The van der Waals surface area contributed by atoms with E-state index in [0.29, 0.717) is 13.1 Å². The molecule has 1 rings (SSSR count). The minimum atomic E-state index is -3.91. The monoisotopic (exact) mass is 270 g/mol. The van der Waals surface area contributed by atoms with Crippen LogP contribution in [0.4, 0.5) is 17.6 Å². The van der Waals surface area contributed by atoms with E-state index in [4.69, 9.17) is 0 Å². The van der Waals surface area contributed by atoms with Crippen molar-refractivity contribution in [2.75, 3.05) is 26.2 Å². The maximum Gasteiger partial charge on any atom is 0.319 e. The highest BCUT2D eigenvalue weighted by atomic mass is 19.3. The lowest BCUT2D eigenvalue weighted by Crippen LogP contribution is -2.48. The van der Waals surface area contributed by atoms with Crippen LogP contribution >= 0.6 is 0 Å². The maximum atomic E-state index is 13.1. The van der Waals surface area contributed by atoms with E-state index in [1.165, 1.54) is 4.90 Å². The zero-order valence-electron chi connectivity index (χ0n) is 10.9. The third-order valence-electron chi connectivity index (χ3n) is 3.37. The Balaban J connectivity index is 2.57. The normalized spacial score (nSPS) is 28.2. The van der Waals surface area contributed by atoms with E-state index in [2.05, 4.69) is 5.32 Å². The Kier molecular flexibility index (Phi) is 5.85. The molecule has 0 spiro atoms. The molecule has 2 atom stereocenters. The third kappa shape index (κ3) is 4.72. The molecule has 18 heavy (non-hydrogen) atoms. The molecule has 2 nitrogen and oxygen atoms in total. The lowest BCUT2D eigenvalue weighted by molar-refractivity contribution is -0.143. The smallest absolute Gasteiger partial charge is 0.314 e. The molecule has 2 unspecified atom stereocenters. The summed E-state index contributed by atoms with van der Waals surface area (Å²) in [6.07, 6.45) is -1.94. The quantitative estimate of drug-likeness (QED) is 0.790. The second-order valence-corrected chi connectivity index (χ2v) is 5.20. The molecule has 0 saturated carbocycles. The largest absolute Gasteiger partial charge is 0.319 e. The van der Waals surface area contributed by atoms with Crippen molar-refractivity contribution < 1.29 is 17.6 Å². The Morgan fingerprint density at radius 1 is 1.39 bits per heavy atom. The predicted molar refractivity (Wildman–Crippen MR) is 63.3 cm³/mol. The molecule has 0 amide bonds. The fourth-order valence-electron chi connectivity index (χ4n) is 2.26. The van der Waals surface area contributed by atoms with Crippen molar-refractivity contribution in [2.45, 2.75) is 45.1 Å². The van der Waals surface area contributed by atoms with E-state index in [9.17, 15) is 17.6 Å². The van der Waals surface area contributed by atoms with Crippen molar-refractivity contribution in [1.29, 1.82) is 0 Å². The van der Waals surface area contributed by atoms with E-state index in [1.54, 1.807) is 0 Å². The number of rotatable bonds is 4. The van der Waals surface area contributed by atoms with E-state index in [1.807, 2.05) is 13.8 Å². The Hall–Kier alpha value is -0.360. The van der Waals surface area contributed by atoms with Gasteiger partial charge in [-0.25, -0.2) is 8.78 Å². The van der Waals surface area contributed by atoms with Crippen molar-refractivity contribution in [2.24, 2.45) is 5.92 Å². The first-order chi connectivity index (χ1) is 8.35. The summed E-state index contributed by atoms with van der Waals surface area (Å²) in [6, 6.07) is 0.287. The summed E-state index contributed by atoms with van der Waals surface area (Å²) in [7, 11) is 0. The number of nitrogens with one attached hydrogen (secondary N) is 1. The summed E-state index contributed by atoms with van der Waals surface area (Å²) in [4.78, 5) is 1.47. The molecule has 0 radical (unpaired) electrons. The van der Waals surface area contributed by atoms with Gasteiger partial charge < -0.3 is 5.32 Å².